The Morgan fingerprint density at radius 1 is 1.44 bits per heavy atom. The first-order chi connectivity index (χ1) is 7.25. The van der Waals surface area contributed by atoms with Crippen molar-refractivity contribution in [3.63, 3.8) is 0 Å². The van der Waals surface area contributed by atoms with Gasteiger partial charge in [-0.15, -0.1) is 0 Å². The molecule has 16 heavy (non-hydrogen) atoms. The Morgan fingerprint density at radius 2 is 2.00 bits per heavy atom. The second kappa shape index (κ2) is 5.00. The van der Waals surface area contributed by atoms with E-state index in [1.807, 2.05) is 0 Å². The van der Waals surface area contributed by atoms with E-state index in [2.05, 4.69) is 20.7 Å². The lowest BCUT2D eigenvalue weighted by Gasteiger charge is -2.12. The molecule has 0 saturated carbocycles. The second-order valence-electron chi connectivity index (χ2n) is 3.45. The lowest BCUT2D eigenvalue weighted by Crippen LogP contribution is -2.31. The Bertz CT molecular complexity index is 504. The minimum atomic E-state index is -3.90. The molecule has 90 valence electrons. The molecule has 0 saturated heterocycles. The van der Waals surface area contributed by atoms with Crippen LogP contribution in [0.25, 0.3) is 0 Å². The summed E-state index contributed by atoms with van der Waals surface area (Å²) in [5.74, 6) is -0.954. The van der Waals surface area contributed by atoms with Crippen LogP contribution in [0.4, 0.5) is 4.39 Å². The zero-order valence-electron chi connectivity index (χ0n) is 8.59. The fraction of sp³-hybridized carbons (Fsp3) is 0.333. The summed E-state index contributed by atoms with van der Waals surface area (Å²) in [6, 6.07) is 2.35. The SMILES string of the molecule is CC(C)NS(=O)(=O)c1c(Br)ccc(Cl)c1F. The first-order valence-corrected chi connectivity index (χ1v) is 7.07. The molecule has 0 aliphatic heterocycles. The maximum atomic E-state index is 13.6. The average Bonchev–Trinajstić information content (AvgIpc) is 2.09. The largest absolute Gasteiger partial charge is 0.244 e. The Labute approximate surface area is 107 Å². The minimum absolute atomic E-state index is 0.141. The van der Waals surface area contributed by atoms with Gasteiger partial charge in [0, 0.05) is 10.5 Å². The molecule has 1 aromatic carbocycles. The molecular weight excluding hydrogens is 321 g/mol. The number of benzene rings is 1. The van der Waals surface area contributed by atoms with Gasteiger partial charge in [0.05, 0.1) is 5.02 Å². The van der Waals surface area contributed by atoms with E-state index in [0.29, 0.717) is 0 Å². The van der Waals surface area contributed by atoms with E-state index in [9.17, 15) is 12.8 Å². The predicted molar refractivity (Wildman–Crippen MR) is 64.6 cm³/mol. The zero-order valence-corrected chi connectivity index (χ0v) is 11.7. The van der Waals surface area contributed by atoms with Crippen molar-refractivity contribution in [1.82, 2.24) is 4.72 Å². The Balaban J connectivity index is 3.38. The van der Waals surface area contributed by atoms with Crippen molar-refractivity contribution in [2.45, 2.75) is 24.8 Å². The molecule has 7 heteroatoms. The molecule has 0 aliphatic rings. The summed E-state index contributed by atoms with van der Waals surface area (Å²) in [4.78, 5) is -0.464. The van der Waals surface area contributed by atoms with Gasteiger partial charge in [0.1, 0.15) is 4.90 Å². The molecule has 0 amide bonds. The number of rotatable bonds is 3. The van der Waals surface area contributed by atoms with E-state index in [-0.39, 0.29) is 15.5 Å². The van der Waals surface area contributed by atoms with E-state index < -0.39 is 20.7 Å². The quantitative estimate of drug-likeness (QED) is 0.866. The summed E-state index contributed by atoms with van der Waals surface area (Å²) in [5.41, 5.74) is 0. The summed E-state index contributed by atoms with van der Waals surface area (Å²) in [6.07, 6.45) is 0. The smallest absolute Gasteiger partial charge is 0.209 e. The van der Waals surface area contributed by atoms with Crippen LogP contribution in [0.3, 0.4) is 0 Å². The summed E-state index contributed by atoms with van der Waals surface area (Å²) < 4.78 is 39.6. The van der Waals surface area contributed by atoms with Crippen LogP contribution in [0.5, 0.6) is 0 Å². The Hall–Kier alpha value is -0.170. The Morgan fingerprint density at radius 3 is 2.50 bits per heavy atom. The van der Waals surface area contributed by atoms with Gasteiger partial charge < -0.3 is 0 Å². The number of nitrogens with one attached hydrogen (secondary N) is 1. The second-order valence-corrected chi connectivity index (χ2v) is 6.36. The third-order valence-corrected chi connectivity index (χ3v) is 4.60. The fourth-order valence-electron chi connectivity index (χ4n) is 1.12. The molecule has 0 aromatic heterocycles. The van der Waals surface area contributed by atoms with Gasteiger partial charge in [-0.05, 0) is 41.9 Å². The monoisotopic (exact) mass is 329 g/mol. The van der Waals surface area contributed by atoms with E-state index in [4.69, 9.17) is 11.6 Å². The first kappa shape index (κ1) is 13.9. The third-order valence-electron chi connectivity index (χ3n) is 1.66. The van der Waals surface area contributed by atoms with Crippen LogP contribution in [0, 0.1) is 5.82 Å². The molecular formula is C9H10BrClFNO2S. The van der Waals surface area contributed by atoms with Gasteiger partial charge in [0.25, 0.3) is 0 Å². The summed E-state index contributed by atoms with van der Waals surface area (Å²) in [6.45, 7) is 3.29. The van der Waals surface area contributed by atoms with E-state index in [1.54, 1.807) is 13.8 Å². The number of hydrogen-bond acceptors (Lipinski definition) is 2. The Kier molecular flexibility index (Phi) is 4.34. The number of hydrogen-bond donors (Lipinski definition) is 1. The van der Waals surface area contributed by atoms with Gasteiger partial charge in [0.15, 0.2) is 5.82 Å². The van der Waals surface area contributed by atoms with E-state index in [0.717, 1.165) is 0 Å². The molecule has 0 heterocycles. The number of sulfonamides is 1. The van der Waals surface area contributed by atoms with Crippen molar-refractivity contribution in [2.75, 3.05) is 0 Å². The molecule has 1 aromatic rings. The minimum Gasteiger partial charge on any atom is -0.209 e. The molecule has 1 N–H and O–H groups in total. The van der Waals surface area contributed by atoms with Crippen LogP contribution < -0.4 is 4.72 Å². The topological polar surface area (TPSA) is 46.2 Å². The van der Waals surface area contributed by atoms with Crippen molar-refractivity contribution < 1.29 is 12.8 Å². The molecule has 0 fully saturated rings. The highest BCUT2D eigenvalue weighted by atomic mass is 79.9. The third kappa shape index (κ3) is 2.94. The van der Waals surface area contributed by atoms with Gasteiger partial charge in [0.2, 0.25) is 10.0 Å². The summed E-state index contributed by atoms with van der Waals surface area (Å²) >= 11 is 8.53. The highest BCUT2D eigenvalue weighted by Gasteiger charge is 2.24. The maximum absolute atomic E-state index is 13.6. The van der Waals surface area contributed by atoms with Crippen LogP contribution in [-0.2, 0) is 10.0 Å². The van der Waals surface area contributed by atoms with Crippen LogP contribution >= 0.6 is 27.5 Å². The van der Waals surface area contributed by atoms with Gasteiger partial charge in [-0.2, -0.15) is 0 Å². The predicted octanol–water partition coefficient (Wildman–Crippen LogP) is 2.93. The summed E-state index contributed by atoms with van der Waals surface area (Å²) in [5, 5.41) is -0.229. The molecule has 0 bridgehead atoms. The maximum Gasteiger partial charge on any atom is 0.244 e. The molecule has 1 rings (SSSR count). The van der Waals surface area contributed by atoms with Gasteiger partial charge in [-0.25, -0.2) is 17.5 Å². The van der Waals surface area contributed by atoms with Crippen molar-refractivity contribution in [3.05, 3.63) is 27.4 Å². The lowest BCUT2D eigenvalue weighted by atomic mass is 10.3. The van der Waals surface area contributed by atoms with Gasteiger partial charge >= 0.3 is 0 Å². The van der Waals surface area contributed by atoms with Crippen molar-refractivity contribution in [1.29, 1.82) is 0 Å². The van der Waals surface area contributed by atoms with Crippen molar-refractivity contribution in [2.24, 2.45) is 0 Å². The summed E-state index contributed by atoms with van der Waals surface area (Å²) in [7, 11) is -3.90. The number of halogens is 3. The molecule has 3 nitrogen and oxygen atoms in total. The van der Waals surface area contributed by atoms with Crippen LogP contribution in [0.15, 0.2) is 21.5 Å². The normalized spacial score (nSPS) is 12.1. The molecule has 0 radical (unpaired) electrons. The van der Waals surface area contributed by atoms with Gasteiger partial charge in [-0.1, -0.05) is 11.6 Å². The molecule has 0 unspecified atom stereocenters. The highest BCUT2D eigenvalue weighted by molar-refractivity contribution is 9.10. The first-order valence-electron chi connectivity index (χ1n) is 4.41. The van der Waals surface area contributed by atoms with Crippen molar-refractivity contribution in [3.8, 4) is 0 Å². The van der Waals surface area contributed by atoms with Gasteiger partial charge in [-0.3, -0.25) is 0 Å². The fourth-order valence-corrected chi connectivity index (χ4v) is 3.69. The average molecular weight is 331 g/mol. The van der Waals surface area contributed by atoms with Crippen molar-refractivity contribution >= 4 is 37.6 Å². The van der Waals surface area contributed by atoms with Crippen LogP contribution in [-0.4, -0.2) is 14.5 Å². The molecule has 0 aliphatic carbocycles. The van der Waals surface area contributed by atoms with E-state index >= 15 is 0 Å². The standard InChI is InChI=1S/C9H10BrClFNO2S/c1-5(2)13-16(14,15)9-6(10)3-4-7(11)8(9)12/h3-5,13H,1-2H3. The highest BCUT2D eigenvalue weighted by Crippen LogP contribution is 2.29. The van der Waals surface area contributed by atoms with E-state index in [1.165, 1.54) is 12.1 Å². The zero-order chi connectivity index (χ0) is 12.5. The molecule has 0 spiro atoms. The van der Waals surface area contributed by atoms with Crippen LogP contribution in [0.1, 0.15) is 13.8 Å². The molecule has 0 atom stereocenters. The van der Waals surface area contributed by atoms with Crippen LogP contribution in [0.2, 0.25) is 5.02 Å². The lowest BCUT2D eigenvalue weighted by molar-refractivity contribution is 0.547.